The summed E-state index contributed by atoms with van der Waals surface area (Å²) in [7, 11) is 0. The number of amides is 1. The number of alkyl halides is 1. The number of benzene rings is 2. The van der Waals surface area contributed by atoms with E-state index < -0.39 is 0 Å². The third-order valence-corrected chi connectivity index (χ3v) is 3.22. The minimum absolute atomic E-state index is 0.129. The molecule has 2 aromatic rings. The monoisotopic (exact) mass is 284 g/mol. The van der Waals surface area contributed by atoms with E-state index in [1.165, 1.54) is 0 Å². The van der Waals surface area contributed by atoms with Crippen LogP contribution in [0.5, 0.6) is 0 Å². The molecule has 0 aliphatic heterocycles. The predicted molar refractivity (Wildman–Crippen MR) is 78.3 cm³/mol. The molecule has 2 aromatic carbocycles. The minimum Gasteiger partial charge on any atom is -0.348 e. The topological polar surface area (TPSA) is 52.9 Å². The van der Waals surface area contributed by atoms with Crippen molar-refractivity contribution in [1.82, 2.24) is 5.32 Å². The molecule has 20 heavy (non-hydrogen) atoms. The molecule has 0 bridgehead atoms. The maximum Gasteiger partial charge on any atom is 0.251 e. The molecule has 3 nitrogen and oxygen atoms in total. The lowest BCUT2D eigenvalue weighted by atomic mass is 10.1. The maximum absolute atomic E-state index is 11.9. The number of rotatable bonds is 4. The molecule has 4 heteroatoms. The number of nitriles is 1. The summed E-state index contributed by atoms with van der Waals surface area (Å²) in [4.78, 5) is 11.9. The second kappa shape index (κ2) is 6.74. The highest BCUT2D eigenvalue weighted by Crippen LogP contribution is 2.08. The average Bonchev–Trinajstić information content (AvgIpc) is 2.53. The second-order valence-electron chi connectivity index (χ2n) is 4.32. The van der Waals surface area contributed by atoms with Crippen molar-refractivity contribution < 1.29 is 4.79 Å². The Morgan fingerprint density at radius 2 is 1.65 bits per heavy atom. The highest BCUT2D eigenvalue weighted by molar-refractivity contribution is 6.17. The summed E-state index contributed by atoms with van der Waals surface area (Å²) < 4.78 is 0. The fourth-order valence-corrected chi connectivity index (χ4v) is 1.90. The first kappa shape index (κ1) is 14.1. The lowest BCUT2D eigenvalue weighted by Gasteiger charge is -2.06. The summed E-state index contributed by atoms with van der Waals surface area (Å²) in [5.74, 6) is 0.308. The van der Waals surface area contributed by atoms with E-state index in [1.54, 1.807) is 24.3 Å². The first-order valence-electron chi connectivity index (χ1n) is 6.15. The van der Waals surface area contributed by atoms with Crippen molar-refractivity contribution in [2.75, 3.05) is 0 Å². The SMILES string of the molecule is N#Cc1ccc(CNC(=O)c2ccc(CCl)cc2)cc1. The molecule has 1 amide bonds. The third-order valence-electron chi connectivity index (χ3n) is 2.91. The van der Waals surface area contributed by atoms with Crippen LogP contribution in [0.15, 0.2) is 48.5 Å². The van der Waals surface area contributed by atoms with E-state index >= 15 is 0 Å². The van der Waals surface area contributed by atoms with Crippen LogP contribution in [0, 0.1) is 11.3 Å². The van der Waals surface area contributed by atoms with Crippen LogP contribution in [0.25, 0.3) is 0 Å². The number of hydrogen-bond acceptors (Lipinski definition) is 2. The summed E-state index contributed by atoms with van der Waals surface area (Å²) in [6.45, 7) is 0.432. The molecular formula is C16H13ClN2O. The Bertz CT molecular complexity index is 627. The van der Waals surface area contributed by atoms with Gasteiger partial charge in [0.15, 0.2) is 0 Å². The molecule has 0 saturated carbocycles. The molecular weight excluding hydrogens is 272 g/mol. The fourth-order valence-electron chi connectivity index (χ4n) is 1.73. The van der Waals surface area contributed by atoms with E-state index in [-0.39, 0.29) is 5.91 Å². The molecule has 0 saturated heterocycles. The molecule has 0 spiro atoms. The van der Waals surface area contributed by atoms with Crippen LogP contribution in [0.3, 0.4) is 0 Å². The van der Waals surface area contributed by atoms with Gasteiger partial charge in [0.25, 0.3) is 5.91 Å². The normalized spacial score (nSPS) is 9.80. The zero-order valence-corrected chi connectivity index (χ0v) is 11.5. The van der Waals surface area contributed by atoms with Crippen molar-refractivity contribution in [3.63, 3.8) is 0 Å². The number of halogens is 1. The van der Waals surface area contributed by atoms with Crippen LogP contribution < -0.4 is 5.32 Å². The average molecular weight is 285 g/mol. The quantitative estimate of drug-likeness (QED) is 0.877. The van der Waals surface area contributed by atoms with Crippen molar-refractivity contribution >= 4 is 17.5 Å². The van der Waals surface area contributed by atoms with Gasteiger partial charge in [0.05, 0.1) is 11.6 Å². The Balaban J connectivity index is 1.95. The maximum atomic E-state index is 11.9. The molecule has 0 unspecified atom stereocenters. The van der Waals surface area contributed by atoms with E-state index in [0.29, 0.717) is 23.6 Å². The summed E-state index contributed by atoms with van der Waals surface area (Å²) in [6.07, 6.45) is 0. The summed E-state index contributed by atoms with van der Waals surface area (Å²) >= 11 is 5.70. The van der Waals surface area contributed by atoms with Crippen molar-refractivity contribution in [3.05, 3.63) is 70.8 Å². The van der Waals surface area contributed by atoms with Crippen LogP contribution in [0.2, 0.25) is 0 Å². The Hall–Kier alpha value is -2.31. The molecule has 1 N–H and O–H groups in total. The van der Waals surface area contributed by atoms with Gasteiger partial charge in [-0.3, -0.25) is 4.79 Å². The van der Waals surface area contributed by atoms with Gasteiger partial charge in [-0.1, -0.05) is 24.3 Å². The summed E-state index contributed by atoms with van der Waals surface area (Å²) in [5.41, 5.74) is 3.15. The smallest absolute Gasteiger partial charge is 0.251 e. The van der Waals surface area contributed by atoms with Crippen molar-refractivity contribution in [2.24, 2.45) is 0 Å². The third kappa shape index (κ3) is 3.59. The Kier molecular flexibility index (Phi) is 4.75. The van der Waals surface area contributed by atoms with Gasteiger partial charge in [0, 0.05) is 18.0 Å². The number of nitrogens with one attached hydrogen (secondary N) is 1. The van der Waals surface area contributed by atoms with Gasteiger partial charge < -0.3 is 5.32 Å². The van der Waals surface area contributed by atoms with E-state index in [2.05, 4.69) is 11.4 Å². The van der Waals surface area contributed by atoms with Crippen LogP contribution >= 0.6 is 11.6 Å². The zero-order chi connectivity index (χ0) is 14.4. The first-order chi connectivity index (χ1) is 9.72. The zero-order valence-electron chi connectivity index (χ0n) is 10.8. The van der Waals surface area contributed by atoms with Crippen molar-refractivity contribution in [2.45, 2.75) is 12.4 Å². The molecule has 0 aliphatic rings. The van der Waals surface area contributed by atoms with Crippen molar-refractivity contribution in [3.8, 4) is 6.07 Å². The van der Waals surface area contributed by atoms with Gasteiger partial charge in [-0.15, -0.1) is 11.6 Å². The predicted octanol–water partition coefficient (Wildman–Crippen LogP) is 3.23. The van der Waals surface area contributed by atoms with Crippen LogP contribution in [-0.4, -0.2) is 5.91 Å². The van der Waals surface area contributed by atoms with Gasteiger partial charge in [-0.05, 0) is 35.4 Å². The van der Waals surface area contributed by atoms with Gasteiger partial charge in [-0.25, -0.2) is 0 Å². The molecule has 0 radical (unpaired) electrons. The van der Waals surface area contributed by atoms with Crippen molar-refractivity contribution in [1.29, 1.82) is 5.26 Å². The second-order valence-corrected chi connectivity index (χ2v) is 4.59. The summed E-state index contributed by atoms with van der Waals surface area (Å²) in [5, 5.41) is 11.5. The first-order valence-corrected chi connectivity index (χ1v) is 6.68. The standard InChI is InChI=1S/C16H13ClN2O/c17-9-12-5-7-15(8-6-12)16(20)19-11-14-3-1-13(10-18)2-4-14/h1-8H,9,11H2,(H,19,20). The Morgan fingerprint density at radius 3 is 2.20 bits per heavy atom. The molecule has 0 atom stereocenters. The van der Waals surface area contributed by atoms with Crippen LogP contribution in [0.1, 0.15) is 27.0 Å². The highest BCUT2D eigenvalue weighted by Gasteiger charge is 2.05. The molecule has 0 fully saturated rings. The minimum atomic E-state index is -0.129. The lowest BCUT2D eigenvalue weighted by molar-refractivity contribution is 0.0951. The molecule has 0 aliphatic carbocycles. The number of nitrogens with zero attached hydrogens (tertiary/aromatic N) is 1. The number of carbonyl (C=O) groups is 1. The van der Waals surface area contributed by atoms with Gasteiger partial charge in [0.2, 0.25) is 0 Å². The Morgan fingerprint density at radius 1 is 1.05 bits per heavy atom. The van der Waals surface area contributed by atoms with E-state index in [1.807, 2.05) is 24.3 Å². The van der Waals surface area contributed by atoms with E-state index in [4.69, 9.17) is 16.9 Å². The van der Waals surface area contributed by atoms with E-state index in [9.17, 15) is 4.79 Å². The number of carbonyl (C=O) groups excluding carboxylic acids is 1. The van der Waals surface area contributed by atoms with Gasteiger partial charge >= 0.3 is 0 Å². The number of hydrogen-bond donors (Lipinski definition) is 1. The van der Waals surface area contributed by atoms with Crippen LogP contribution in [-0.2, 0) is 12.4 Å². The van der Waals surface area contributed by atoms with Gasteiger partial charge in [0.1, 0.15) is 0 Å². The van der Waals surface area contributed by atoms with Crippen LogP contribution in [0.4, 0.5) is 0 Å². The highest BCUT2D eigenvalue weighted by atomic mass is 35.5. The molecule has 0 heterocycles. The largest absolute Gasteiger partial charge is 0.348 e. The molecule has 100 valence electrons. The fraction of sp³-hybridized carbons (Fsp3) is 0.125. The summed E-state index contributed by atoms with van der Waals surface area (Å²) in [6, 6.07) is 16.4. The molecule has 2 rings (SSSR count). The van der Waals surface area contributed by atoms with Gasteiger partial charge in [-0.2, -0.15) is 5.26 Å². The van der Waals surface area contributed by atoms with E-state index in [0.717, 1.165) is 11.1 Å². The molecule has 0 aromatic heterocycles. The lowest BCUT2D eigenvalue weighted by Crippen LogP contribution is -2.22. The Labute approximate surface area is 122 Å².